The Balaban J connectivity index is 0.00000320. The van der Waals surface area contributed by atoms with Crippen LogP contribution in [-0.2, 0) is 0 Å². The highest BCUT2D eigenvalue weighted by atomic mass is 35.5. The predicted octanol–water partition coefficient (Wildman–Crippen LogP) is 4.99. The number of fused-ring (bicyclic) bond motifs is 1. The molecule has 0 aliphatic heterocycles. The van der Waals surface area contributed by atoms with Crippen molar-refractivity contribution in [2.45, 2.75) is 20.0 Å². The van der Waals surface area contributed by atoms with Crippen molar-refractivity contribution < 1.29 is 18.3 Å². The maximum absolute atomic E-state index is 14.1. The Morgan fingerprint density at radius 2 is 1.80 bits per heavy atom. The molecule has 30 heavy (non-hydrogen) atoms. The fourth-order valence-electron chi connectivity index (χ4n) is 2.75. The van der Waals surface area contributed by atoms with E-state index in [-0.39, 0.29) is 29.9 Å². The highest BCUT2D eigenvalue weighted by Crippen LogP contribution is 2.32. The minimum Gasteiger partial charge on any atom is -0.491 e. The van der Waals surface area contributed by atoms with Crippen LogP contribution < -0.4 is 9.64 Å². The molecule has 0 fully saturated rings. The number of rotatable bonds is 7. The standard InChI is InChI=1S/C21H23F2N3O2S.ClH/c1-13(2)28-16-7-5-14(6-8-16)20(27)26(10-9-25(3)4)21-24-19-17(23)11-15(22)12-18(19)29-21;/h5-8,11-13H,9-10H2,1-4H3;1H. The minimum atomic E-state index is -0.738. The van der Waals surface area contributed by atoms with E-state index in [1.54, 1.807) is 24.3 Å². The molecule has 1 aromatic heterocycles. The highest BCUT2D eigenvalue weighted by molar-refractivity contribution is 7.22. The van der Waals surface area contributed by atoms with Gasteiger partial charge in [0.2, 0.25) is 0 Å². The number of aromatic nitrogens is 1. The Bertz CT molecular complexity index is 1010. The van der Waals surface area contributed by atoms with Crippen LogP contribution in [0.4, 0.5) is 13.9 Å². The number of ether oxygens (including phenoxy) is 1. The second-order valence-electron chi connectivity index (χ2n) is 7.18. The first-order valence-electron chi connectivity index (χ1n) is 9.23. The van der Waals surface area contributed by atoms with Crippen molar-refractivity contribution in [3.63, 3.8) is 0 Å². The van der Waals surface area contributed by atoms with Gasteiger partial charge in [0.15, 0.2) is 10.9 Å². The van der Waals surface area contributed by atoms with Crippen LogP contribution >= 0.6 is 23.7 Å². The summed E-state index contributed by atoms with van der Waals surface area (Å²) in [6, 6.07) is 8.89. The first-order chi connectivity index (χ1) is 13.7. The quantitative estimate of drug-likeness (QED) is 0.503. The average molecular weight is 456 g/mol. The van der Waals surface area contributed by atoms with Crippen molar-refractivity contribution in [3.8, 4) is 5.75 Å². The molecular weight excluding hydrogens is 432 g/mol. The largest absolute Gasteiger partial charge is 0.491 e. The molecule has 0 aliphatic rings. The number of amides is 1. The third-order valence-electron chi connectivity index (χ3n) is 4.12. The first-order valence-corrected chi connectivity index (χ1v) is 10.0. The fourth-order valence-corrected chi connectivity index (χ4v) is 3.78. The molecule has 0 bridgehead atoms. The zero-order valence-corrected chi connectivity index (χ0v) is 18.8. The van der Waals surface area contributed by atoms with Gasteiger partial charge in [-0.1, -0.05) is 11.3 Å². The van der Waals surface area contributed by atoms with Gasteiger partial charge in [-0.25, -0.2) is 13.8 Å². The van der Waals surface area contributed by atoms with E-state index in [0.29, 0.717) is 34.2 Å². The molecule has 0 atom stereocenters. The Kier molecular flexibility index (Phi) is 8.11. The molecule has 2 aromatic carbocycles. The lowest BCUT2D eigenvalue weighted by molar-refractivity contribution is 0.0985. The van der Waals surface area contributed by atoms with E-state index < -0.39 is 11.6 Å². The summed E-state index contributed by atoms with van der Waals surface area (Å²) in [4.78, 5) is 20.9. The van der Waals surface area contributed by atoms with Crippen LogP contribution in [0.25, 0.3) is 10.2 Å². The fraction of sp³-hybridized carbons (Fsp3) is 0.333. The maximum atomic E-state index is 14.1. The van der Waals surface area contributed by atoms with Gasteiger partial charge >= 0.3 is 0 Å². The Labute approximate surface area is 184 Å². The maximum Gasteiger partial charge on any atom is 0.260 e. The summed E-state index contributed by atoms with van der Waals surface area (Å²) in [5.41, 5.74) is 0.528. The number of anilines is 1. The number of benzene rings is 2. The molecule has 0 N–H and O–H groups in total. The lowest BCUT2D eigenvalue weighted by Gasteiger charge is -2.22. The monoisotopic (exact) mass is 455 g/mol. The molecule has 0 aliphatic carbocycles. The Hall–Kier alpha value is -2.29. The first kappa shape index (κ1) is 24.0. The van der Waals surface area contributed by atoms with Crippen molar-refractivity contribution in [2.75, 3.05) is 32.1 Å². The smallest absolute Gasteiger partial charge is 0.260 e. The van der Waals surface area contributed by atoms with Crippen molar-refractivity contribution in [3.05, 3.63) is 53.6 Å². The molecule has 0 spiro atoms. The van der Waals surface area contributed by atoms with E-state index in [1.165, 1.54) is 11.0 Å². The number of halogens is 3. The van der Waals surface area contributed by atoms with E-state index >= 15 is 0 Å². The summed E-state index contributed by atoms with van der Waals surface area (Å²) < 4.78 is 33.6. The van der Waals surface area contributed by atoms with Crippen molar-refractivity contribution in [1.29, 1.82) is 0 Å². The summed E-state index contributed by atoms with van der Waals surface area (Å²) in [5.74, 6) is -0.994. The van der Waals surface area contributed by atoms with Crippen LogP contribution in [0.5, 0.6) is 5.75 Å². The molecule has 0 saturated heterocycles. The molecule has 5 nitrogen and oxygen atoms in total. The average Bonchev–Trinajstić information content (AvgIpc) is 3.05. The molecular formula is C21H24ClF2N3O2S. The molecule has 0 saturated carbocycles. The second kappa shape index (κ2) is 10.1. The SMILES string of the molecule is CC(C)Oc1ccc(C(=O)N(CCN(C)C)c2nc3c(F)cc(F)cc3s2)cc1.Cl. The van der Waals surface area contributed by atoms with Crippen LogP contribution in [-0.4, -0.2) is 49.1 Å². The van der Waals surface area contributed by atoms with Crippen LogP contribution in [0.15, 0.2) is 36.4 Å². The number of hydrogen-bond acceptors (Lipinski definition) is 5. The normalized spacial score (nSPS) is 11.1. The number of carbonyl (C=O) groups is 1. The zero-order chi connectivity index (χ0) is 21.1. The molecule has 3 rings (SSSR count). The lowest BCUT2D eigenvalue weighted by atomic mass is 10.2. The number of thiazole rings is 1. The zero-order valence-electron chi connectivity index (χ0n) is 17.2. The molecule has 0 radical (unpaired) electrons. The lowest BCUT2D eigenvalue weighted by Crippen LogP contribution is -2.36. The summed E-state index contributed by atoms with van der Waals surface area (Å²) in [6.45, 7) is 4.81. The predicted molar refractivity (Wildman–Crippen MR) is 119 cm³/mol. The molecule has 9 heteroatoms. The van der Waals surface area contributed by atoms with Gasteiger partial charge in [0.1, 0.15) is 17.1 Å². The van der Waals surface area contributed by atoms with Gasteiger partial charge < -0.3 is 9.64 Å². The molecule has 1 heterocycles. The summed E-state index contributed by atoms with van der Waals surface area (Å²) >= 11 is 1.09. The third-order valence-corrected chi connectivity index (χ3v) is 5.15. The van der Waals surface area contributed by atoms with Gasteiger partial charge in [0.05, 0.1) is 10.8 Å². The van der Waals surface area contributed by atoms with E-state index in [2.05, 4.69) is 4.98 Å². The van der Waals surface area contributed by atoms with Crippen molar-refractivity contribution in [2.24, 2.45) is 0 Å². The Morgan fingerprint density at radius 3 is 2.40 bits per heavy atom. The van der Waals surface area contributed by atoms with Crippen LogP contribution in [0.3, 0.4) is 0 Å². The van der Waals surface area contributed by atoms with E-state index in [9.17, 15) is 13.6 Å². The topological polar surface area (TPSA) is 45.7 Å². The Morgan fingerprint density at radius 1 is 1.13 bits per heavy atom. The minimum absolute atomic E-state index is 0. The van der Waals surface area contributed by atoms with Crippen molar-refractivity contribution >= 4 is 45.0 Å². The molecule has 0 unspecified atom stereocenters. The van der Waals surface area contributed by atoms with Gasteiger partial charge in [0, 0.05) is 24.7 Å². The van der Waals surface area contributed by atoms with E-state index in [1.807, 2.05) is 32.8 Å². The summed E-state index contributed by atoms with van der Waals surface area (Å²) in [7, 11) is 3.79. The summed E-state index contributed by atoms with van der Waals surface area (Å²) in [5, 5.41) is 0.332. The second-order valence-corrected chi connectivity index (χ2v) is 8.19. The number of nitrogens with zero attached hydrogens (tertiary/aromatic N) is 3. The highest BCUT2D eigenvalue weighted by Gasteiger charge is 2.23. The van der Waals surface area contributed by atoms with Gasteiger partial charge in [-0.2, -0.15) is 0 Å². The number of hydrogen-bond donors (Lipinski definition) is 0. The van der Waals surface area contributed by atoms with Crippen LogP contribution in [0.2, 0.25) is 0 Å². The summed E-state index contributed by atoms with van der Waals surface area (Å²) in [6.07, 6.45) is 0.0335. The molecule has 1 amide bonds. The van der Waals surface area contributed by atoms with Crippen LogP contribution in [0.1, 0.15) is 24.2 Å². The number of carbonyl (C=O) groups excluding carboxylic acids is 1. The van der Waals surface area contributed by atoms with Crippen molar-refractivity contribution in [1.82, 2.24) is 9.88 Å². The third kappa shape index (κ3) is 5.65. The van der Waals surface area contributed by atoms with Gasteiger partial charge in [-0.15, -0.1) is 12.4 Å². The van der Waals surface area contributed by atoms with Gasteiger partial charge in [-0.05, 0) is 58.3 Å². The van der Waals surface area contributed by atoms with E-state index in [0.717, 1.165) is 17.4 Å². The van der Waals surface area contributed by atoms with Crippen LogP contribution in [0, 0.1) is 11.6 Å². The van der Waals surface area contributed by atoms with Gasteiger partial charge in [-0.3, -0.25) is 9.69 Å². The van der Waals surface area contributed by atoms with E-state index in [4.69, 9.17) is 4.74 Å². The van der Waals surface area contributed by atoms with Gasteiger partial charge in [0.25, 0.3) is 5.91 Å². The molecule has 3 aromatic rings. The number of likely N-dealkylation sites (N-methyl/N-ethyl adjacent to an activating group) is 1. The molecule has 162 valence electrons.